The maximum absolute atomic E-state index is 11.3. The molecule has 26 heavy (non-hydrogen) atoms. The minimum absolute atomic E-state index is 0.0526. The summed E-state index contributed by atoms with van der Waals surface area (Å²) in [5, 5.41) is 11.4. The third-order valence-electron chi connectivity index (χ3n) is 6.87. The summed E-state index contributed by atoms with van der Waals surface area (Å²) in [6.07, 6.45) is 2.39. The Balaban J connectivity index is 2.32. The molecule has 0 aromatic rings. The Morgan fingerprint density at radius 3 is 2.04 bits per heavy atom. The van der Waals surface area contributed by atoms with Crippen molar-refractivity contribution in [1.82, 2.24) is 0 Å². The number of rotatable bonds is 3. The van der Waals surface area contributed by atoms with Crippen LogP contribution in [0.25, 0.3) is 0 Å². The Labute approximate surface area is 162 Å². The molecule has 5 heteroatoms. The lowest BCUT2D eigenvalue weighted by molar-refractivity contribution is -0.373. The third-order valence-corrected chi connectivity index (χ3v) is 11.4. The van der Waals surface area contributed by atoms with Crippen molar-refractivity contribution < 1.29 is 19.0 Å². The van der Waals surface area contributed by atoms with Gasteiger partial charge in [-0.3, -0.25) is 0 Å². The largest absolute Gasteiger partial charge is 0.416 e. The number of hydrogen-bond donors (Lipinski definition) is 1. The Morgan fingerprint density at radius 2 is 1.54 bits per heavy atom. The Hall–Kier alpha value is 0.0569. The highest BCUT2D eigenvalue weighted by Crippen LogP contribution is 2.46. The first-order valence-electron chi connectivity index (χ1n) is 10.5. The summed E-state index contributed by atoms with van der Waals surface area (Å²) in [6, 6.07) is 0. The molecule has 1 spiro atoms. The first kappa shape index (κ1) is 22.3. The van der Waals surface area contributed by atoms with Crippen LogP contribution in [0, 0.1) is 17.8 Å². The normalized spacial score (nSPS) is 42.7. The van der Waals surface area contributed by atoms with Gasteiger partial charge in [0.15, 0.2) is 14.1 Å². The minimum Gasteiger partial charge on any atom is -0.416 e. The molecule has 0 bridgehead atoms. The van der Waals surface area contributed by atoms with Crippen molar-refractivity contribution in [3.8, 4) is 0 Å². The molecular formula is C21H42O4Si. The fourth-order valence-electron chi connectivity index (χ4n) is 4.41. The highest BCUT2D eigenvalue weighted by Gasteiger charge is 2.56. The van der Waals surface area contributed by atoms with Gasteiger partial charge in [0.05, 0.1) is 12.2 Å². The van der Waals surface area contributed by atoms with E-state index in [1.165, 1.54) is 0 Å². The predicted molar refractivity (Wildman–Crippen MR) is 109 cm³/mol. The standard InChI is InChI=1S/C21H42O4Si/c1-14-10-15(2)19(22)21(24-16(3)12-17(4)25-21)18(11-14)13-23-26(8,9)20(5,6)7/h14-19,22H,10-13H2,1-9H3/t14-,15+,16-,17+,18+,19+,21?/m0/s1. The smallest absolute Gasteiger partial charge is 0.200 e. The molecule has 2 fully saturated rings. The van der Waals surface area contributed by atoms with Crippen molar-refractivity contribution in [1.29, 1.82) is 0 Å². The molecule has 4 nitrogen and oxygen atoms in total. The Bertz CT molecular complexity index is 463. The van der Waals surface area contributed by atoms with Gasteiger partial charge in [0.2, 0.25) is 0 Å². The van der Waals surface area contributed by atoms with Crippen LogP contribution in [-0.4, -0.2) is 44.1 Å². The van der Waals surface area contributed by atoms with Crippen molar-refractivity contribution in [3.63, 3.8) is 0 Å². The van der Waals surface area contributed by atoms with Crippen LogP contribution in [0.5, 0.6) is 0 Å². The Morgan fingerprint density at radius 1 is 1.00 bits per heavy atom. The van der Waals surface area contributed by atoms with Crippen LogP contribution >= 0.6 is 0 Å². The summed E-state index contributed by atoms with van der Waals surface area (Å²) in [7, 11) is -1.87. The van der Waals surface area contributed by atoms with Crippen LogP contribution in [0.4, 0.5) is 0 Å². The highest BCUT2D eigenvalue weighted by molar-refractivity contribution is 6.74. The minimum atomic E-state index is -1.87. The van der Waals surface area contributed by atoms with E-state index < -0.39 is 20.2 Å². The molecule has 1 saturated heterocycles. The molecule has 0 amide bonds. The molecular weight excluding hydrogens is 344 g/mol. The van der Waals surface area contributed by atoms with Gasteiger partial charge in [-0.05, 0) is 63.1 Å². The van der Waals surface area contributed by atoms with Gasteiger partial charge >= 0.3 is 0 Å². The van der Waals surface area contributed by atoms with Crippen molar-refractivity contribution in [2.24, 2.45) is 17.8 Å². The number of hydrogen-bond acceptors (Lipinski definition) is 4. The van der Waals surface area contributed by atoms with E-state index in [4.69, 9.17) is 13.9 Å². The molecule has 2 rings (SSSR count). The predicted octanol–water partition coefficient (Wildman–Crippen LogP) is 4.96. The van der Waals surface area contributed by atoms with Crippen LogP contribution in [-0.2, 0) is 13.9 Å². The lowest BCUT2D eigenvalue weighted by Crippen LogP contribution is -2.61. The molecule has 0 aromatic heterocycles. The molecule has 2 aliphatic rings. The highest BCUT2D eigenvalue weighted by atomic mass is 28.4. The summed E-state index contributed by atoms with van der Waals surface area (Å²) in [6.45, 7) is 20.5. The molecule has 7 atom stereocenters. The van der Waals surface area contributed by atoms with Gasteiger partial charge in [0.1, 0.15) is 6.10 Å². The summed E-state index contributed by atoms with van der Waals surface area (Å²) in [4.78, 5) is 0. The van der Waals surface area contributed by atoms with E-state index in [1.807, 2.05) is 0 Å². The zero-order valence-corrected chi connectivity index (χ0v) is 19.5. The maximum Gasteiger partial charge on any atom is 0.200 e. The fourth-order valence-corrected chi connectivity index (χ4v) is 5.46. The van der Waals surface area contributed by atoms with Crippen LogP contribution in [0.15, 0.2) is 0 Å². The van der Waals surface area contributed by atoms with Gasteiger partial charge in [-0.25, -0.2) is 0 Å². The van der Waals surface area contributed by atoms with E-state index >= 15 is 0 Å². The van der Waals surface area contributed by atoms with E-state index in [9.17, 15) is 5.11 Å². The molecule has 1 heterocycles. The summed E-state index contributed by atoms with van der Waals surface area (Å²) >= 11 is 0. The average Bonchev–Trinajstić information content (AvgIpc) is 2.54. The van der Waals surface area contributed by atoms with Crippen molar-refractivity contribution in [2.45, 2.75) is 110 Å². The molecule has 1 aliphatic carbocycles. The summed E-state index contributed by atoms with van der Waals surface area (Å²) < 4.78 is 19.4. The topological polar surface area (TPSA) is 47.9 Å². The van der Waals surface area contributed by atoms with E-state index in [1.54, 1.807) is 0 Å². The monoisotopic (exact) mass is 386 g/mol. The Kier molecular flexibility index (Phi) is 6.72. The van der Waals surface area contributed by atoms with E-state index in [-0.39, 0.29) is 29.1 Å². The number of aliphatic hydroxyl groups is 1. The summed E-state index contributed by atoms with van der Waals surface area (Å²) in [5.74, 6) is -0.215. The molecule has 154 valence electrons. The molecule has 1 aliphatic heterocycles. The molecule has 1 unspecified atom stereocenters. The van der Waals surface area contributed by atoms with Gasteiger partial charge in [-0.2, -0.15) is 0 Å². The molecule has 1 saturated carbocycles. The van der Waals surface area contributed by atoms with Crippen LogP contribution in [0.2, 0.25) is 18.1 Å². The van der Waals surface area contributed by atoms with Gasteiger partial charge in [0, 0.05) is 12.5 Å². The zero-order chi connectivity index (χ0) is 19.9. The lowest BCUT2D eigenvalue weighted by atomic mass is 9.87. The van der Waals surface area contributed by atoms with Crippen molar-refractivity contribution >= 4 is 8.32 Å². The SMILES string of the molecule is C[C@@H]1C[C@H](CO[Si](C)(C)C(C)(C)C)C2(O[C@H](C)C[C@H](C)O2)[C@H](O)[C@H](C)C1. The zero-order valence-electron chi connectivity index (χ0n) is 18.5. The maximum atomic E-state index is 11.3. The lowest BCUT2D eigenvalue weighted by Gasteiger charge is -2.50. The van der Waals surface area contributed by atoms with Gasteiger partial charge in [-0.15, -0.1) is 0 Å². The average molecular weight is 387 g/mol. The molecule has 0 radical (unpaired) electrons. The fraction of sp³-hybridized carbons (Fsp3) is 1.00. The van der Waals surface area contributed by atoms with E-state index in [2.05, 4.69) is 61.6 Å². The quantitative estimate of drug-likeness (QED) is 0.696. The molecule has 0 aromatic carbocycles. The van der Waals surface area contributed by atoms with E-state index in [0.29, 0.717) is 12.5 Å². The number of ether oxygens (including phenoxy) is 2. The first-order valence-corrected chi connectivity index (χ1v) is 13.4. The van der Waals surface area contributed by atoms with Gasteiger partial charge in [0.25, 0.3) is 0 Å². The van der Waals surface area contributed by atoms with Crippen LogP contribution in [0.3, 0.4) is 0 Å². The molecule has 1 N–H and O–H groups in total. The van der Waals surface area contributed by atoms with Crippen LogP contribution in [0.1, 0.15) is 67.7 Å². The summed E-state index contributed by atoms with van der Waals surface area (Å²) in [5.41, 5.74) is 0. The first-order chi connectivity index (χ1) is 11.8. The van der Waals surface area contributed by atoms with Gasteiger partial charge in [-0.1, -0.05) is 34.6 Å². The second kappa shape index (κ2) is 7.82. The van der Waals surface area contributed by atoms with Crippen molar-refractivity contribution in [3.05, 3.63) is 0 Å². The second-order valence-corrected chi connectivity index (χ2v) is 15.4. The number of aliphatic hydroxyl groups excluding tert-OH is 1. The van der Waals surface area contributed by atoms with Crippen molar-refractivity contribution in [2.75, 3.05) is 6.61 Å². The van der Waals surface area contributed by atoms with Gasteiger partial charge < -0.3 is 19.0 Å². The van der Waals surface area contributed by atoms with E-state index in [0.717, 1.165) is 19.3 Å². The third kappa shape index (κ3) is 4.54. The second-order valence-electron chi connectivity index (χ2n) is 10.6. The van der Waals surface area contributed by atoms with Crippen LogP contribution < -0.4 is 0 Å².